The van der Waals surface area contributed by atoms with Crippen molar-refractivity contribution in [2.45, 2.75) is 19.9 Å². The predicted octanol–water partition coefficient (Wildman–Crippen LogP) is 1.49. The first-order valence-corrected chi connectivity index (χ1v) is 5.67. The normalized spacial score (nSPS) is 12.1. The largest absolute Gasteiger partial charge is 0.394 e. The molecule has 17 heavy (non-hydrogen) atoms. The fourth-order valence-electron chi connectivity index (χ4n) is 1.57. The van der Waals surface area contributed by atoms with E-state index < -0.39 is 0 Å². The van der Waals surface area contributed by atoms with E-state index >= 15 is 0 Å². The zero-order valence-corrected chi connectivity index (χ0v) is 10.8. The minimum absolute atomic E-state index is 0.0387. The molecule has 1 atom stereocenters. The molecule has 0 bridgehead atoms. The molecule has 4 nitrogen and oxygen atoms in total. The summed E-state index contributed by atoms with van der Waals surface area (Å²) in [4.78, 5) is 13.8. The van der Waals surface area contributed by atoms with E-state index in [9.17, 15) is 4.79 Å². The van der Waals surface area contributed by atoms with Gasteiger partial charge < -0.3 is 15.3 Å². The van der Waals surface area contributed by atoms with E-state index in [-0.39, 0.29) is 18.6 Å². The van der Waals surface area contributed by atoms with E-state index in [4.69, 9.17) is 5.11 Å². The molecule has 0 saturated carbocycles. The zero-order valence-electron chi connectivity index (χ0n) is 10.8. The third-order valence-corrected chi connectivity index (χ3v) is 2.92. The molecular formula is C13H20N2O2. The fourth-order valence-corrected chi connectivity index (χ4v) is 1.57. The number of carbonyl (C=O) groups excluding carboxylic acids is 1. The molecule has 0 aromatic heterocycles. The van der Waals surface area contributed by atoms with Crippen molar-refractivity contribution in [3.05, 3.63) is 29.3 Å². The van der Waals surface area contributed by atoms with Gasteiger partial charge in [-0.15, -0.1) is 0 Å². The summed E-state index contributed by atoms with van der Waals surface area (Å²) in [6.07, 6.45) is 0. The number of carbonyl (C=O) groups is 1. The van der Waals surface area contributed by atoms with E-state index in [2.05, 4.69) is 5.32 Å². The molecule has 0 saturated heterocycles. The maximum absolute atomic E-state index is 12.3. The summed E-state index contributed by atoms with van der Waals surface area (Å²) in [5.74, 6) is -0.0837. The van der Waals surface area contributed by atoms with Gasteiger partial charge in [-0.2, -0.15) is 0 Å². The first-order chi connectivity index (χ1) is 8.01. The van der Waals surface area contributed by atoms with Crippen LogP contribution in [0, 0.1) is 6.92 Å². The lowest BCUT2D eigenvalue weighted by Crippen LogP contribution is -2.37. The molecule has 1 rings (SSSR count). The third-order valence-electron chi connectivity index (χ3n) is 2.92. The predicted molar refractivity (Wildman–Crippen MR) is 69.4 cm³/mol. The summed E-state index contributed by atoms with van der Waals surface area (Å²) in [7, 11) is 3.49. The van der Waals surface area contributed by atoms with E-state index in [1.54, 1.807) is 19.0 Å². The molecular weight excluding hydrogens is 216 g/mol. The van der Waals surface area contributed by atoms with Crippen molar-refractivity contribution >= 4 is 11.6 Å². The van der Waals surface area contributed by atoms with Gasteiger partial charge in [-0.05, 0) is 26.0 Å². The molecule has 1 aromatic carbocycles. The van der Waals surface area contributed by atoms with E-state index in [0.29, 0.717) is 5.56 Å². The van der Waals surface area contributed by atoms with Crippen LogP contribution in [0.25, 0.3) is 0 Å². The molecule has 1 aromatic rings. The Labute approximate surface area is 102 Å². The van der Waals surface area contributed by atoms with Gasteiger partial charge in [0.25, 0.3) is 5.91 Å². The van der Waals surface area contributed by atoms with Crippen LogP contribution in [-0.2, 0) is 0 Å². The smallest absolute Gasteiger partial charge is 0.256 e. The van der Waals surface area contributed by atoms with Crippen LogP contribution in [0.5, 0.6) is 0 Å². The van der Waals surface area contributed by atoms with Gasteiger partial charge in [-0.1, -0.05) is 11.6 Å². The quantitative estimate of drug-likeness (QED) is 0.832. The van der Waals surface area contributed by atoms with Gasteiger partial charge in [0, 0.05) is 19.8 Å². The Bertz CT molecular complexity index is 404. The Kier molecular flexibility index (Phi) is 4.52. The highest BCUT2D eigenvalue weighted by Crippen LogP contribution is 2.19. The third kappa shape index (κ3) is 2.97. The molecule has 0 heterocycles. The Morgan fingerprint density at radius 2 is 2.18 bits per heavy atom. The minimum atomic E-state index is -0.187. The monoisotopic (exact) mass is 236 g/mol. The first-order valence-electron chi connectivity index (χ1n) is 5.67. The molecule has 1 unspecified atom stereocenters. The number of amides is 1. The van der Waals surface area contributed by atoms with E-state index in [0.717, 1.165) is 11.3 Å². The van der Waals surface area contributed by atoms with Crippen LogP contribution in [0.15, 0.2) is 18.2 Å². The molecule has 2 N–H and O–H groups in total. The first kappa shape index (κ1) is 13.5. The second-order valence-corrected chi connectivity index (χ2v) is 4.25. The number of rotatable bonds is 4. The lowest BCUT2D eigenvalue weighted by molar-refractivity contribution is 0.0683. The van der Waals surface area contributed by atoms with Gasteiger partial charge in [0.05, 0.1) is 18.2 Å². The van der Waals surface area contributed by atoms with Crippen molar-refractivity contribution in [1.29, 1.82) is 0 Å². The highest BCUT2D eigenvalue weighted by Gasteiger charge is 2.19. The Morgan fingerprint density at radius 3 is 2.71 bits per heavy atom. The number of anilines is 1. The highest BCUT2D eigenvalue weighted by molar-refractivity contribution is 5.99. The topological polar surface area (TPSA) is 52.6 Å². The van der Waals surface area contributed by atoms with Gasteiger partial charge in [-0.3, -0.25) is 4.79 Å². The number of nitrogens with zero attached hydrogens (tertiary/aromatic N) is 1. The second-order valence-electron chi connectivity index (χ2n) is 4.25. The van der Waals surface area contributed by atoms with Gasteiger partial charge in [0.15, 0.2) is 0 Å². The summed E-state index contributed by atoms with van der Waals surface area (Å²) >= 11 is 0. The number of benzene rings is 1. The SMILES string of the molecule is CNc1ccc(C)cc1C(=O)N(C)C(C)CO. The van der Waals surface area contributed by atoms with Crippen LogP contribution >= 0.6 is 0 Å². The number of likely N-dealkylation sites (N-methyl/N-ethyl adjacent to an activating group) is 1. The Hall–Kier alpha value is -1.55. The second kappa shape index (κ2) is 5.68. The van der Waals surface area contributed by atoms with Crippen LogP contribution < -0.4 is 5.32 Å². The Morgan fingerprint density at radius 1 is 1.53 bits per heavy atom. The number of nitrogens with one attached hydrogen (secondary N) is 1. The Balaban J connectivity index is 3.06. The summed E-state index contributed by atoms with van der Waals surface area (Å²) in [5, 5.41) is 12.1. The highest BCUT2D eigenvalue weighted by atomic mass is 16.3. The standard InChI is InChI=1S/C13H20N2O2/c1-9-5-6-12(14-3)11(7-9)13(17)15(4)10(2)8-16/h5-7,10,14,16H,8H2,1-4H3. The van der Waals surface area contributed by atoms with Crippen LogP contribution in [0.1, 0.15) is 22.8 Å². The molecule has 1 amide bonds. The maximum Gasteiger partial charge on any atom is 0.256 e. The van der Waals surface area contributed by atoms with Crippen molar-refractivity contribution in [2.75, 3.05) is 26.0 Å². The lowest BCUT2D eigenvalue weighted by atomic mass is 10.1. The van der Waals surface area contributed by atoms with Crippen LogP contribution in [-0.4, -0.2) is 42.7 Å². The number of hydrogen-bond acceptors (Lipinski definition) is 3. The summed E-state index contributed by atoms with van der Waals surface area (Å²) in [5.41, 5.74) is 2.48. The van der Waals surface area contributed by atoms with Gasteiger partial charge in [0.2, 0.25) is 0 Å². The molecule has 4 heteroatoms. The van der Waals surface area contributed by atoms with E-state index in [1.807, 2.05) is 32.0 Å². The van der Waals surface area contributed by atoms with E-state index in [1.165, 1.54) is 0 Å². The minimum Gasteiger partial charge on any atom is -0.394 e. The average Bonchev–Trinajstić information content (AvgIpc) is 2.35. The average molecular weight is 236 g/mol. The molecule has 0 spiro atoms. The molecule has 0 fully saturated rings. The van der Waals surface area contributed by atoms with Crippen LogP contribution in [0.3, 0.4) is 0 Å². The van der Waals surface area contributed by atoms with Crippen LogP contribution in [0.4, 0.5) is 5.69 Å². The van der Waals surface area contributed by atoms with Gasteiger partial charge in [-0.25, -0.2) is 0 Å². The molecule has 0 aliphatic heterocycles. The van der Waals surface area contributed by atoms with Gasteiger partial charge >= 0.3 is 0 Å². The molecule has 0 aliphatic rings. The molecule has 94 valence electrons. The summed E-state index contributed by atoms with van der Waals surface area (Å²) < 4.78 is 0. The number of hydrogen-bond donors (Lipinski definition) is 2. The number of aryl methyl sites for hydroxylation is 1. The van der Waals surface area contributed by atoms with Crippen molar-refractivity contribution in [3.8, 4) is 0 Å². The van der Waals surface area contributed by atoms with Crippen molar-refractivity contribution < 1.29 is 9.90 Å². The maximum atomic E-state index is 12.3. The number of aliphatic hydroxyl groups excluding tert-OH is 1. The van der Waals surface area contributed by atoms with Gasteiger partial charge in [0.1, 0.15) is 0 Å². The van der Waals surface area contributed by atoms with Crippen LogP contribution in [0.2, 0.25) is 0 Å². The summed E-state index contributed by atoms with van der Waals surface area (Å²) in [6, 6.07) is 5.51. The molecule has 0 radical (unpaired) electrons. The van der Waals surface area contributed by atoms with Crippen molar-refractivity contribution in [1.82, 2.24) is 4.90 Å². The lowest BCUT2D eigenvalue weighted by Gasteiger charge is -2.24. The van der Waals surface area contributed by atoms with Crippen molar-refractivity contribution in [2.24, 2.45) is 0 Å². The fraction of sp³-hybridized carbons (Fsp3) is 0.462. The number of aliphatic hydroxyl groups is 1. The van der Waals surface area contributed by atoms with Crippen molar-refractivity contribution in [3.63, 3.8) is 0 Å². The summed E-state index contributed by atoms with van der Waals surface area (Å²) in [6.45, 7) is 3.72. The zero-order chi connectivity index (χ0) is 13.0. The molecule has 0 aliphatic carbocycles.